The second kappa shape index (κ2) is 6.25. The molecule has 0 atom stereocenters. The van der Waals surface area contributed by atoms with E-state index in [1.807, 2.05) is 18.5 Å². The molecule has 0 unspecified atom stereocenters. The molecule has 30 heavy (non-hydrogen) atoms. The molecule has 0 fully saturated rings. The van der Waals surface area contributed by atoms with Gasteiger partial charge in [-0.25, -0.2) is 0 Å². The summed E-state index contributed by atoms with van der Waals surface area (Å²) < 4.78 is 0. The molecule has 0 saturated carbocycles. The van der Waals surface area contributed by atoms with Crippen molar-refractivity contribution in [2.75, 3.05) is 4.90 Å². The number of para-hydroxylation sites is 2. The number of pyridine rings is 2. The van der Waals surface area contributed by atoms with Crippen molar-refractivity contribution in [1.29, 1.82) is 0 Å². The van der Waals surface area contributed by atoms with Crippen LogP contribution in [0.4, 0.5) is 17.1 Å². The van der Waals surface area contributed by atoms with Crippen LogP contribution in [0.3, 0.4) is 0 Å². The van der Waals surface area contributed by atoms with Gasteiger partial charge in [-0.15, -0.1) is 0 Å². The van der Waals surface area contributed by atoms with Crippen molar-refractivity contribution < 1.29 is 0 Å². The first kappa shape index (κ1) is 17.4. The Morgan fingerprint density at radius 3 is 2.00 bits per heavy atom. The molecule has 1 aliphatic heterocycles. The van der Waals surface area contributed by atoms with Crippen LogP contribution >= 0.6 is 0 Å². The molecular weight excluding hydrogens is 382 g/mol. The van der Waals surface area contributed by atoms with Gasteiger partial charge in [0.2, 0.25) is 0 Å². The first-order valence-electron chi connectivity index (χ1n) is 10.3. The lowest BCUT2D eigenvalue weighted by molar-refractivity contribution is 1.28. The number of rotatable bonds is 1. The largest absolute Gasteiger partial charge is 0.310 e. The highest BCUT2D eigenvalue weighted by Gasteiger charge is 2.38. The molecular formula is C26H21N3Si. The molecule has 144 valence electrons. The molecule has 0 saturated heterocycles. The second-order valence-corrected chi connectivity index (χ2v) is 12.7. The SMILES string of the molecule is C[Si]1(C)c2ccccc2N(c2ccnc3c2ccc2cccnc23)c2ccccc21. The molecule has 0 radical (unpaired) electrons. The van der Waals surface area contributed by atoms with E-state index in [0.29, 0.717) is 0 Å². The summed E-state index contributed by atoms with van der Waals surface area (Å²) in [6.07, 6.45) is 3.75. The fourth-order valence-electron chi connectivity index (χ4n) is 4.86. The van der Waals surface area contributed by atoms with Gasteiger partial charge in [-0.2, -0.15) is 0 Å². The lowest BCUT2D eigenvalue weighted by Crippen LogP contribution is -2.58. The van der Waals surface area contributed by atoms with Crippen molar-refractivity contribution in [2.24, 2.45) is 0 Å². The third-order valence-electron chi connectivity index (χ3n) is 6.34. The molecule has 0 bridgehead atoms. The van der Waals surface area contributed by atoms with E-state index >= 15 is 0 Å². The topological polar surface area (TPSA) is 29.0 Å². The van der Waals surface area contributed by atoms with Gasteiger partial charge in [-0.3, -0.25) is 9.97 Å². The third-order valence-corrected chi connectivity index (χ3v) is 9.88. The van der Waals surface area contributed by atoms with Gasteiger partial charge in [0.15, 0.2) is 0 Å². The summed E-state index contributed by atoms with van der Waals surface area (Å²) in [5, 5.41) is 5.16. The Balaban J connectivity index is 1.72. The summed E-state index contributed by atoms with van der Waals surface area (Å²) in [4.78, 5) is 11.8. The molecule has 1 aliphatic rings. The van der Waals surface area contributed by atoms with Gasteiger partial charge in [0.25, 0.3) is 0 Å². The van der Waals surface area contributed by atoms with Gasteiger partial charge in [-0.1, -0.05) is 61.6 Å². The molecule has 5 aromatic rings. The molecule has 3 aromatic carbocycles. The smallest absolute Gasteiger partial charge is 0.117 e. The minimum absolute atomic E-state index is 0.947. The minimum Gasteiger partial charge on any atom is -0.310 e. The quantitative estimate of drug-likeness (QED) is 0.278. The molecule has 3 nitrogen and oxygen atoms in total. The van der Waals surface area contributed by atoms with Crippen LogP contribution in [-0.4, -0.2) is 18.0 Å². The van der Waals surface area contributed by atoms with Crippen molar-refractivity contribution in [3.8, 4) is 0 Å². The molecule has 6 rings (SSSR count). The lowest BCUT2D eigenvalue weighted by atomic mass is 10.1. The van der Waals surface area contributed by atoms with Gasteiger partial charge in [0.1, 0.15) is 8.07 Å². The Morgan fingerprint density at radius 2 is 1.27 bits per heavy atom. The predicted molar refractivity (Wildman–Crippen MR) is 128 cm³/mol. The summed E-state index contributed by atoms with van der Waals surface area (Å²) in [5.74, 6) is 0. The van der Waals surface area contributed by atoms with Crippen LogP contribution in [0.5, 0.6) is 0 Å². The van der Waals surface area contributed by atoms with Crippen LogP contribution in [0.1, 0.15) is 0 Å². The number of anilines is 3. The van der Waals surface area contributed by atoms with E-state index < -0.39 is 8.07 Å². The zero-order chi connectivity index (χ0) is 20.3. The molecule has 0 aliphatic carbocycles. The van der Waals surface area contributed by atoms with Crippen LogP contribution in [0, 0.1) is 0 Å². The zero-order valence-corrected chi connectivity index (χ0v) is 18.0. The van der Waals surface area contributed by atoms with Crippen LogP contribution in [0.25, 0.3) is 21.8 Å². The van der Waals surface area contributed by atoms with Gasteiger partial charge in [0.05, 0.1) is 16.7 Å². The maximum Gasteiger partial charge on any atom is 0.117 e. The fourth-order valence-corrected chi connectivity index (χ4v) is 7.85. The Kier molecular flexibility index (Phi) is 3.61. The van der Waals surface area contributed by atoms with E-state index in [1.165, 1.54) is 21.7 Å². The molecule has 0 spiro atoms. The molecule has 2 aromatic heterocycles. The van der Waals surface area contributed by atoms with Gasteiger partial charge >= 0.3 is 0 Å². The number of hydrogen-bond acceptors (Lipinski definition) is 3. The Labute approximate surface area is 176 Å². The Hall–Kier alpha value is -3.50. The summed E-state index contributed by atoms with van der Waals surface area (Å²) in [6.45, 7) is 4.90. The van der Waals surface area contributed by atoms with Crippen LogP contribution in [0.2, 0.25) is 13.1 Å². The number of aromatic nitrogens is 2. The molecule has 0 N–H and O–H groups in total. The fraction of sp³-hybridized carbons (Fsp3) is 0.0769. The zero-order valence-electron chi connectivity index (χ0n) is 17.0. The van der Waals surface area contributed by atoms with Crippen molar-refractivity contribution in [3.05, 3.63) is 91.3 Å². The number of benzene rings is 3. The minimum atomic E-state index is -1.79. The Morgan fingerprint density at radius 1 is 0.600 bits per heavy atom. The first-order chi connectivity index (χ1) is 14.7. The normalized spacial score (nSPS) is 14.5. The van der Waals surface area contributed by atoms with Gasteiger partial charge in [0, 0.05) is 34.5 Å². The third kappa shape index (κ3) is 2.31. The maximum absolute atomic E-state index is 4.72. The van der Waals surface area contributed by atoms with E-state index in [1.54, 1.807) is 0 Å². The summed E-state index contributed by atoms with van der Waals surface area (Å²) >= 11 is 0. The Bertz CT molecular complexity index is 1390. The van der Waals surface area contributed by atoms with Crippen LogP contribution in [-0.2, 0) is 0 Å². The number of hydrogen-bond donors (Lipinski definition) is 0. The van der Waals surface area contributed by atoms with Crippen LogP contribution in [0.15, 0.2) is 91.3 Å². The van der Waals surface area contributed by atoms with Crippen molar-refractivity contribution >= 4 is 57.3 Å². The van der Waals surface area contributed by atoms with E-state index in [4.69, 9.17) is 4.98 Å². The first-order valence-corrected chi connectivity index (χ1v) is 13.3. The summed E-state index contributed by atoms with van der Waals surface area (Å²) in [7, 11) is -1.79. The monoisotopic (exact) mass is 403 g/mol. The average molecular weight is 404 g/mol. The van der Waals surface area contributed by atoms with E-state index in [-0.39, 0.29) is 0 Å². The number of fused-ring (bicyclic) bond motifs is 5. The maximum atomic E-state index is 4.72. The molecule has 0 amide bonds. The predicted octanol–water partition coefficient (Wildman–Crippen LogP) is 5.39. The van der Waals surface area contributed by atoms with Crippen molar-refractivity contribution in [1.82, 2.24) is 9.97 Å². The molecule has 4 heteroatoms. The van der Waals surface area contributed by atoms with Crippen molar-refractivity contribution in [3.63, 3.8) is 0 Å². The average Bonchev–Trinajstić information content (AvgIpc) is 2.79. The van der Waals surface area contributed by atoms with E-state index in [2.05, 4.69) is 95.8 Å². The van der Waals surface area contributed by atoms with E-state index in [9.17, 15) is 0 Å². The van der Waals surface area contributed by atoms with Crippen molar-refractivity contribution in [2.45, 2.75) is 13.1 Å². The van der Waals surface area contributed by atoms with Gasteiger partial charge < -0.3 is 4.90 Å². The highest BCUT2D eigenvalue weighted by atomic mass is 28.3. The molecule has 3 heterocycles. The van der Waals surface area contributed by atoms with Gasteiger partial charge in [-0.05, 0) is 40.7 Å². The summed E-state index contributed by atoms with van der Waals surface area (Å²) in [6, 6.07) is 28.3. The standard InChI is InChI=1S/C26H21N3Si/c1-30(2)23-11-5-3-9-21(23)29(22-10-4-6-12-24(22)30)20-15-17-28-26-19(20)14-13-18-8-7-16-27-25(18)26/h3-17H,1-2H3. The van der Waals surface area contributed by atoms with E-state index in [0.717, 1.165) is 27.5 Å². The highest BCUT2D eigenvalue weighted by molar-refractivity contribution is 7.02. The van der Waals surface area contributed by atoms with Crippen LogP contribution < -0.4 is 15.3 Å². The lowest BCUT2D eigenvalue weighted by Gasteiger charge is -2.41. The summed E-state index contributed by atoms with van der Waals surface area (Å²) in [5.41, 5.74) is 5.60. The second-order valence-electron chi connectivity index (χ2n) is 8.36. The number of nitrogens with zero attached hydrogens (tertiary/aromatic N) is 3. The highest BCUT2D eigenvalue weighted by Crippen LogP contribution is 2.41.